The minimum atomic E-state index is -4.57. The first-order valence-corrected chi connectivity index (χ1v) is 9.08. The molecule has 0 unspecified atom stereocenters. The Morgan fingerprint density at radius 3 is 2.06 bits per heavy atom. The molecule has 2 aromatic rings. The minimum Gasteiger partial charge on any atom is -0.618 e. The van der Waals surface area contributed by atoms with Gasteiger partial charge in [0.2, 0.25) is 0 Å². The van der Waals surface area contributed by atoms with Crippen molar-refractivity contribution >= 4 is 5.82 Å². The lowest BCUT2D eigenvalue weighted by atomic mass is 9.49. The van der Waals surface area contributed by atoms with Crippen LogP contribution >= 0.6 is 0 Å². The Labute approximate surface area is 174 Å². The lowest BCUT2D eigenvalue weighted by Gasteiger charge is -2.62. The van der Waals surface area contributed by atoms with Crippen molar-refractivity contribution < 1.29 is 36.2 Å². The summed E-state index contributed by atoms with van der Waals surface area (Å²) in [4.78, 5) is 7.13. The number of aliphatic hydroxyl groups is 1. The van der Waals surface area contributed by atoms with Gasteiger partial charge < -0.3 is 15.6 Å². The van der Waals surface area contributed by atoms with Crippen LogP contribution in [0.1, 0.15) is 39.0 Å². The summed E-state index contributed by atoms with van der Waals surface area (Å²) in [7, 11) is 0. The van der Waals surface area contributed by atoms with Gasteiger partial charge >= 0.3 is 12.4 Å². The predicted molar refractivity (Wildman–Crippen MR) is 98.4 cm³/mol. The van der Waals surface area contributed by atoms with Crippen molar-refractivity contribution in [3.8, 4) is 0 Å². The van der Waals surface area contributed by atoms with Gasteiger partial charge in [-0.3, -0.25) is 0 Å². The van der Waals surface area contributed by atoms with Gasteiger partial charge in [0.1, 0.15) is 17.7 Å². The van der Waals surface area contributed by atoms with E-state index >= 15 is 0 Å². The second-order valence-corrected chi connectivity index (χ2v) is 8.31. The van der Waals surface area contributed by atoms with E-state index in [2.05, 4.69) is 15.3 Å². The molecule has 0 spiro atoms. The molecule has 0 aliphatic heterocycles. The molecule has 172 valence electrons. The molecule has 12 heteroatoms. The molecule has 1 fully saturated rings. The standard InChI is InChI=1S/C13H18F3N3O.C6H4F3NO/c1-11(2)9(12(3,4)10(11)20)19-8-7(13(14,15)16)5-17-6-18-8;7-6(8,9)5-3-1-2-4-10(5)11/h5-6,9-10,20H,1-4H3,(H,17,18,19);1-4H. The van der Waals surface area contributed by atoms with Crippen LogP contribution in [0.4, 0.5) is 32.2 Å². The predicted octanol–water partition coefficient (Wildman–Crippen LogP) is 4.04. The first kappa shape index (κ1) is 24.6. The van der Waals surface area contributed by atoms with Gasteiger partial charge in [0.25, 0.3) is 5.69 Å². The molecule has 6 nitrogen and oxygen atoms in total. The molecule has 2 aromatic heterocycles. The number of aromatic nitrogens is 3. The number of rotatable bonds is 2. The lowest BCUT2D eigenvalue weighted by molar-refractivity contribution is -0.629. The lowest BCUT2D eigenvalue weighted by Crippen LogP contribution is -2.70. The summed E-state index contributed by atoms with van der Waals surface area (Å²) in [5.74, 6) is -0.245. The first-order valence-electron chi connectivity index (χ1n) is 9.08. The summed E-state index contributed by atoms with van der Waals surface area (Å²) in [6.45, 7) is 7.26. The molecule has 1 aliphatic rings. The van der Waals surface area contributed by atoms with Gasteiger partial charge in [0.15, 0.2) is 6.20 Å². The average Bonchev–Trinajstić information content (AvgIpc) is 2.64. The average molecular weight is 452 g/mol. The molecular weight excluding hydrogens is 430 g/mol. The first-order chi connectivity index (χ1) is 14.0. The molecule has 0 amide bonds. The quantitative estimate of drug-likeness (QED) is 0.408. The SMILES string of the molecule is CC1(C)C(O)C(C)(C)C1Nc1ncncc1C(F)(F)F.[O-][n+]1ccccc1C(F)(F)F. The van der Waals surface area contributed by atoms with E-state index in [1.807, 2.05) is 27.7 Å². The van der Waals surface area contributed by atoms with Crippen molar-refractivity contribution in [3.63, 3.8) is 0 Å². The summed E-state index contributed by atoms with van der Waals surface area (Å²) < 4.78 is 74.0. The van der Waals surface area contributed by atoms with Gasteiger partial charge in [0.05, 0.1) is 6.10 Å². The Kier molecular flexibility index (Phi) is 6.47. The summed E-state index contributed by atoms with van der Waals surface area (Å²) >= 11 is 0. The molecule has 2 N–H and O–H groups in total. The van der Waals surface area contributed by atoms with E-state index < -0.39 is 40.5 Å². The summed E-state index contributed by atoms with van der Waals surface area (Å²) in [5.41, 5.74) is -3.15. The van der Waals surface area contributed by atoms with Gasteiger partial charge in [0, 0.05) is 35.2 Å². The number of anilines is 1. The highest BCUT2D eigenvalue weighted by atomic mass is 19.4. The molecule has 0 radical (unpaired) electrons. The van der Waals surface area contributed by atoms with Crippen LogP contribution < -0.4 is 10.0 Å². The Balaban J connectivity index is 0.000000262. The van der Waals surface area contributed by atoms with Crippen molar-refractivity contribution in [2.24, 2.45) is 10.8 Å². The normalized spacial score (nSPS) is 22.0. The van der Waals surface area contributed by atoms with Gasteiger partial charge in [-0.15, -0.1) is 0 Å². The molecule has 0 aromatic carbocycles. The maximum absolute atomic E-state index is 12.9. The molecular formula is C19H22F6N4O2. The second kappa shape index (κ2) is 8.13. The Bertz CT molecular complexity index is 899. The van der Waals surface area contributed by atoms with Crippen molar-refractivity contribution in [2.75, 3.05) is 5.32 Å². The van der Waals surface area contributed by atoms with Crippen LogP contribution in [0.15, 0.2) is 36.9 Å². The number of pyridine rings is 1. The third-order valence-electron chi connectivity index (χ3n) is 5.31. The van der Waals surface area contributed by atoms with E-state index in [0.29, 0.717) is 0 Å². The number of alkyl halides is 6. The van der Waals surface area contributed by atoms with Crippen LogP contribution in [0.2, 0.25) is 0 Å². The Morgan fingerprint density at radius 1 is 1.03 bits per heavy atom. The second-order valence-electron chi connectivity index (χ2n) is 8.31. The van der Waals surface area contributed by atoms with Crippen LogP contribution in [0.3, 0.4) is 0 Å². The van der Waals surface area contributed by atoms with Gasteiger partial charge in [-0.05, 0) is 6.07 Å². The highest BCUT2D eigenvalue weighted by Gasteiger charge is 2.61. The summed E-state index contributed by atoms with van der Waals surface area (Å²) in [6.07, 6.45) is -7.04. The smallest absolute Gasteiger partial charge is 0.478 e. The van der Waals surface area contributed by atoms with Gasteiger partial charge in [-0.2, -0.15) is 31.1 Å². The van der Waals surface area contributed by atoms with Crippen LogP contribution in [0, 0.1) is 16.0 Å². The molecule has 0 saturated heterocycles. The summed E-state index contributed by atoms with van der Waals surface area (Å²) in [6, 6.07) is 2.81. The monoisotopic (exact) mass is 452 g/mol. The van der Waals surface area contributed by atoms with E-state index in [4.69, 9.17) is 0 Å². The fourth-order valence-electron chi connectivity index (χ4n) is 3.95. The Hall–Kier alpha value is -2.63. The number of nitrogens with one attached hydrogen (secondary N) is 1. The van der Waals surface area contributed by atoms with Gasteiger partial charge in [-0.1, -0.05) is 27.7 Å². The van der Waals surface area contributed by atoms with E-state index in [1.54, 1.807) is 0 Å². The topological polar surface area (TPSA) is 85.0 Å². The zero-order valence-electron chi connectivity index (χ0n) is 17.1. The van der Waals surface area contributed by atoms with Crippen molar-refractivity contribution in [3.05, 3.63) is 53.4 Å². The van der Waals surface area contributed by atoms with E-state index in [1.165, 1.54) is 6.07 Å². The van der Waals surface area contributed by atoms with Gasteiger partial charge in [-0.25, -0.2) is 9.97 Å². The third-order valence-corrected chi connectivity index (χ3v) is 5.31. The number of hydrogen-bond donors (Lipinski definition) is 2. The zero-order chi connectivity index (χ0) is 23.8. The maximum atomic E-state index is 12.9. The maximum Gasteiger partial charge on any atom is 0.478 e. The molecule has 1 aliphatic carbocycles. The minimum absolute atomic E-state index is 0.208. The molecule has 31 heavy (non-hydrogen) atoms. The van der Waals surface area contributed by atoms with Crippen molar-refractivity contribution in [2.45, 2.75) is 52.2 Å². The van der Waals surface area contributed by atoms with Crippen molar-refractivity contribution in [1.82, 2.24) is 9.97 Å². The molecule has 0 atom stereocenters. The largest absolute Gasteiger partial charge is 0.618 e. The van der Waals surface area contributed by atoms with Crippen molar-refractivity contribution in [1.29, 1.82) is 0 Å². The third kappa shape index (κ3) is 5.00. The molecule has 2 heterocycles. The Morgan fingerprint density at radius 2 is 1.61 bits per heavy atom. The fourth-order valence-corrected chi connectivity index (χ4v) is 3.95. The molecule has 0 bridgehead atoms. The number of halogens is 6. The van der Waals surface area contributed by atoms with E-state index in [0.717, 1.165) is 30.9 Å². The van der Waals surface area contributed by atoms with Crippen LogP contribution in [-0.4, -0.2) is 27.2 Å². The fraction of sp³-hybridized carbons (Fsp3) is 0.526. The zero-order valence-corrected chi connectivity index (χ0v) is 17.1. The summed E-state index contributed by atoms with van der Waals surface area (Å²) in [5, 5.41) is 23.4. The highest BCUT2D eigenvalue weighted by molar-refractivity contribution is 5.47. The van der Waals surface area contributed by atoms with E-state index in [-0.39, 0.29) is 16.6 Å². The number of nitrogens with zero attached hydrogens (tertiary/aromatic N) is 3. The highest BCUT2D eigenvalue weighted by Crippen LogP contribution is 2.55. The van der Waals surface area contributed by atoms with Crippen LogP contribution in [0.5, 0.6) is 0 Å². The van der Waals surface area contributed by atoms with E-state index in [9.17, 15) is 36.7 Å². The number of hydrogen-bond acceptors (Lipinski definition) is 5. The molecule has 3 rings (SSSR count). The van der Waals surface area contributed by atoms with Crippen LogP contribution in [-0.2, 0) is 12.4 Å². The van der Waals surface area contributed by atoms with Crippen LogP contribution in [0.25, 0.3) is 0 Å². The molecule has 1 saturated carbocycles. The number of aliphatic hydroxyl groups excluding tert-OH is 1.